The van der Waals surface area contributed by atoms with Gasteiger partial charge in [-0.15, -0.1) is 0 Å². The van der Waals surface area contributed by atoms with Crippen molar-refractivity contribution in [1.29, 1.82) is 0 Å². The van der Waals surface area contributed by atoms with Gasteiger partial charge in [-0.2, -0.15) is 0 Å². The lowest BCUT2D eigenvalue weighted by Gasteiger charge is -2.13. The first-order valence-corrected chi connectivity index (χ1v) is 8.41. The summed E-state index contributed by atoms with van der Waals surface area (Å²) in [6, 6.07) is 6.98. The van der Waals surface area contributed by atoms with E-state index in [1.54, 1.807) is 0 Å². The summed E-state index contributed by atoms with van der Waals surface area (Å²) in [6.07, 6.45) is 1.85. The molecule has 1 atom stereocenters. The van der Waals surface area contributed by atoms with Gasteiger partial charge in [0, 0.05) is 11.8 Å². The second-order valence-corrected chi connectivity index (χ2v) is 4.54. The highest BCUT2D eigenvalue weighted by atomic mass is 32.2. The van der Waals surface area contributed by atoms with E-state index in [4.69, 9.17) is 4.55 Å². The summed E-state index contributed by atoms with van der Waals surface area (Å²) in [5.74, 6) is 0.570. The van der Waals surface area contributed by atoms with Gasteiger partial charge < -0.3 is 9.87 Å². The number of hydrogen-bond acceptors (Lipinski definition) is 3. The topological polar surface area (TPSA) is 32.3 Å². The van der Waals surface area contributed by atoms with Crippen LogP contribution in [0.3, 0.4) is 0 Å². The monoisotopic (exact) mass is 303 g/mol. The third-order valence-electron chi connectivity index (χ3n) is 2.36. The smallest absolute Gasteiger partial charge is 0.123 e. The van der Waals surface area contributed by atoms with Crippen LogP contribution >= 0.6 is 12.0 Å². The van der Waals surface area contributed by atoms with Gasteiger partial charge in [0.1, 0.15) is 5.82 Å². The van der Waals surface area contributed by atoms with Gasteiger partial charge in [0.25, 0.3) is 0 Å². The van der Waals surface area contributed by atoms with Crippen molar-refractivity contribution in [3.05, 3.63) is 35.6 Å². The predicted molar refractivity (Wildman–Crippen MR) is 90.0 cm³/mol. The summed E-state index contributed by atoms with van der Waals surface area (Å²) in [5.41, 5.74) is 1.14. The molecule has 20 heavy (non-hydrogen) atoms. The van der Waals surface area contributed by atoms with E-state index < -0.39 is 0 Å². The molecule has 2 nitrogen and oxygen atoms in total. The number of nitrogens with one attached hydrogen (secondary N) is 1. The Morgan fingerprint density at radius 2 is 1.70 bits per heavy atom. The third-order valence-corrected chi connectivity index (χ3v) is 2.83. The summed E-state index contributed by atoms with van der Waals surface area (Å²) < 4.78 is 21.2. The molecule has 0 heterocycles. The van der Waals surface area contributed by atoms with Crippen LogP contribution < -0.4 is 5.32 Å². The maximum absolute atomic E-state index is 12.7. The second kappa shape index (κ2) is 16.5. The lowest BCUT2D eigenvalue weighted by atomic mass is 10.1. The quantitative estimate of drug-likeness (QED) is 0.549. The summed E-state index contributed by atoms with van der Waals surface area (Å²) in [6.45, 7) is 11.0. The highest BCUT2D eigenvalue weighted by Crippen LogP contribution is 2.05. The van der Waals surface area contributed by atoms with Gasteiger partial charge in [-0.05, 0) is 56.0 Å². The average Bonchev–Trinajstić information content (AvgIpc) is 2.50. The highest BCUT2D eigenvalue weighted by Gasteiger charge is 2.02. The maximum atomic E-state index is 12.7. The molecule has 0 fully saturated rings. The molecule has 1 aromatic carbocycles. The van der Waals surface area contributed by atoms with E-state index >= 15 is 0 Å². The predicted octanol–water partition coefficient (Wildman–Crippen LogP) is 5.00. The summed E-state index contributed by atoms with van der Waals surface area (Å²) >= 11 is 0.877. The van der Waals surface area contributed by atoms with E-state index in [-0.39, 0.29) is 5.82 Å². The van der Waals surface area contributed by atoms with Gasteiger partial charge >= 0.3 is 0 Å². The van der Waals surface area contributed by atoms with Crippen molar-refractivity contribution >= 4 is 12.0 Å². The molecule has 0 radical (unpaired) electrons. The van der Waals surface area contributed by atoms with Gasteiger partial charge in [0.2, 0.25) is 0 Å². The van der Waals surface area contributed by atoms with Crippen LogP contribution in [0.2, 0.25) is 0 Å². The first-order valence-electron chi connectivity index (χ1n) is 7.46. The van der Waals surface area contributed by atoms with E-state index in [0.717, 1.165) is 42.7 Å². The Balaban J connectivity index is 0. The molecule has 0 aliphatic rings. The van der Waals surface area contributed by atoms with Crippen LogP contribution in [0.1, 0.15) is 46.6 Å². The van der Waals surface area contributed by atoms with Gasteiger partial charge in [-0.3, -0.25) is 0 Å². The van der Waals surface area contributed by atoms with Crippen LogP contribution in [0, 0.1) is 5.82 Å². The zero-order valence-electron chi connectivity index (χ0n) is 13.4. The Kier molecular flexibility index (Phi) is 17.9. The summed E-state index contributed by atoms with van der Waals surface area (Å²) in [4.78, 5) is 0. The van der Waals surface area contributed by atoms with E-state index in [0.29, 0.717) is 6.04 Å². The minimum absolute atomic E-state index is 0.190. The average molecular weight is 303 g/mol. The molecule has 1 aromatic rings. The lowest BCUT2D eigenvalue weighted by molar-refractivity contribution is 0.542. The van der Waals surface area contributed by atoms with E-state index in [1.807, 2.05) is 39.8 Å². The Bertz CT molecular complexity index is 293. The standard InChI is InChI=1S/C12H18FNOS.2C2H6/c1-10(14-7-2-8-16-15)9-11-3-5-12(13)6-4-11;2*1-2/h3-6,10,14-15H,2,7-9H2,1H3;2*1-2H3. The third kappa shape index (κ3) is 12.5. The van der Waals surface area contributed by atoms with Crippen molar-refractivity contribution in [1.82, 2.24) is 5.32 Å². The summed E-state index contributed by atoms with van der Waals surface area (Å²) in [5, 5.41) is 3.36. The maximum Gasteiger partial charge on any atom is 0.123 e. The molecule has 0 saturated carbocycles. The fourth-order valence-electron chi connectivity index (χ4n) is 1.53. The molecule has 0 spiro atoms. The molecule has 1 unspecified atom stereocenters. The molecule has 0 aliphatic carbocycles. The van der Waals surface area contributed by atoms with Gasteiger partial charge in [-0.25, -0.2) is 4.39 Å². The molecule has 0 saturated heterocycles. The molecule has 118 valence electrons. The van der Waals surface area contributed by atoms with Gasteiger partial charge in [0.15, 0.2) is 0 Å². The molecule has 1 rings (SSSR count). The largest absolute Gasteiger partial charge is 0.330 e. The Morgan fingerprint density at radius 3 is 2.20 bits per heavy atom. The first-order chi connectivity index (χ1) is 9.72. The zero-order chi connectivity index (χ0) is 15.8. The zero-order valence-corrected chi connectivity index (χ0v) is 14.3. The number of rotatable bonds is 7. The Morgan fingerprint density at radius 1 is 1.15 bits per heavy atom. The van der Waals surface area contributed by atoms with E-state index in [9.17, 15) is 4.39 Å². The van der Waals surface area contributed by atoms with Crippen LogP contribution in [0.15, 0.2) is 24.3 Å². The minimum Gasteiger partial charge on any atom is -0.330 e. The van der Waals surface area contributed by atoms with Crippen LogP contribution in [-0.2, 0) is 6.42 Å². The molecule has 4 heteroatoms. The number of halogens is 1. The van der Waals surface area contributed by atoms with Crippen molar-refractivity contribution in [2.75, 3.05) is 12.3 Å². The normalized spacial score (nSPS) is 10.8. The Hall–Kier alpha value is -0.580. The van der Waals surface area contributed by atoms with Crippen LogP contribution in [0.5, 0.6) is 0 Å². The highest BCUT2D eigenvalue weighted by molar-refractivity contribution is 7.93. The molecular weight excluding hydrogens is 273 g/mol. The Labute approximate surface area is 128 Å². The number of hydrogen-bond donors (Lipinski definition) is 2. The second-order valence-electron chi connectivity index (χ2n) is 3.87. The lowest BCUT2D eigenvalue weighted by Crippen LogP contribution is -2.29. The van der Waals surface area contributed by atoms with Crippen molar-refractivity contribution in [2.24, 2.45) is 0 Å². The van der Waals surface area contributed by atoms with Gasteiger partial charge in [0.05, 0.1) is 0 Å². The molecular formula is C16H30FNOS. The molecule has 2 N–H and O–H groups in total. The molecule has 0 bridgehead atoms. The molecule has 0 amide bonds. The number of benzene rings is 1. The minimum atomic E-state index is -0.190. The van der Waals surface area contributed by atoms with Crippen LogP contribution in [0.4, 0.5) is 4.39 Å². The fourth-order valence-corrected chi connectivity index (χ4v) is 1.80. The van der Waals surface area contributed by atoms with Crippen molar-refractivity contribution < 1.29 is 8.94 Å². The van der Waals surface area contributed by atoms with Gasteiger partial charge in [-0.1, -0.05) is 39.8 Å². The van der Waals surface area contributed by atoms with Crippen LogP contribution in [0.25, 0.3) is 0 Å². The van der Waals surface area contributed by atoms with Crippen LogP contribution in [-0.4, -0.2) is 22.9 Å². The van der Waals surface area contributed by atoms with E-state index in [1.165, 1.54) is 12.1 Å². The fraction of sp³-hybridized carbons (Fsp3) is 0.625. The first kappa shape index (κ1) is 21.7. The molecule has 0 aliphatic heterocycles. The molecule has 0 aromatic heterocycles. The SMILES string of the molecule is CC.CC.CC(Cc1ccc(F)cc1)NCCCSO. The summed E-state index contributed by atoms with van der Waals surface area (Å²) in [7, 11) is 0. The van der Waals surface area contributed by atoms with Crippen molar-refractivity contribution in [3.63, 3.8) is 0 Å². The van der Waals surface area contributed by atoms with E-state index in [2.05, 4.69) is 12.2 Å². The van der Waals surface area contributed by atoms with Crippen molar-refractivity contribution in [3.8, 4) is 0 Å². The van der Waals surface area contributed by atoms with Crippen molar-refractivity contribution in [2.45, 2.75) is 53.5 Å².